The molecule has 104 valence electrons. The van der Waals surface area contributed by atoms with E-state index in [4.69, 9.17) is 4.42 Å². The van der Waals surface area contributed by atoms with Crippen LogP contribution in [0.1, 0.15) is 36.8 Å². The lowest BCUT2D eigenvalue weighted by Crippen LogP contribution is -2.26. The van der Waals surface area contributed by atoms with Crippen molar-refractivity contribution in [2.24, 2.45) is 5.41 Å². The third kappa shape index (κ3) is 3.11. The first-order valence-corrected chi connectivity index (χ1v) is 6.48. The number of aliphatic hydroxyl groups is 2. The smallest absolute Gasteiger partial charge is 0.148 e. The van der Waals surface area contributed by atoms with Gasteiger partial charge in [0, 0.05) is 11.0 Å². The lowest BCUT2D eigenvalue weighted by Gasteiger charge is -2.26. The maximum atomic E-state index is 10.3. The molecule has 3 nitrogen and oxygen atoms in total. The largest absolute Gasteiger partial charge is 0.465 e. The van der Waals surface area contributed by atoms with Crippen molar-refractivity contribution in [1.82, 2.24) is 0 Å². The first-order chi connectivity index (χ1) is 9.54. The van der Waals surface area contributed by atoms with Gasteiger partial charge < -0.3 is 14.6 Å². The highest BCUT2D eigenvalue weighted by atomic mass is 16.4. The van der Waals surface area contributed by atoms with Crippen LogP contribution in [0.2, 0.25) is 0 Å². The Morgan fingerprint density at radius 2 is 1.85 bits per heavy atom. The molecule has 0 saturated heterocycles. The van der Waals surface area contributed by atoms with E-state index in [9.17, 15) is 10.2 Å². The fourth-order valence-electron chi connectivity index (χ4n) is 1.74. The van der Waals surface area contributed by atoms with Crippen LogP contribution in [0.5, 0.6) is 0 Å². The number of furan rings is 1. The summed E-state index contributed by atoms with van der Waals surface area (Å²) in [5.74, 6) is 6.43. The van der Waals surface area contributed by atoms with Gasteiger partial charge in [-0.05, 0) is 18.2 Å². The Balaban J connectivity index is 2.29. The van der Waals surface area contributed by atoms with Crippen molar-refractivity contribution >= 4 is 0 Å². The normalized spacial score (nSPS) is 12.6. The average Bonchev–Trinajstić information content (AvgIpc) is 2.93. The summed E-state index contributed by atoms with van der Waals surface area (Å²) in [6, 6.07) is 11.3. The second-order valence-corrected chi connectivity index (χ2v) is 5.36. The van der Waals surface area contributed by atoms with Crippen LogP contribution in [0.25, 0.3) is 0 Å². The molecular formula is C17H18O3. The Bertz CT molecular complexity index is 614. The molecule has 1 aromatic heterocycles. The summed E-state index contributed by atoms with van der Waals surface area (Å²) < 4.78 is 5.34. The third-order valence-corrected chi connectivity index (χ3v) is 3.21. The van der Waals surface area contributed by atoms with Crippen LogP contribution in [-0.4, -0.2) is 16.8 Å². The summed E-state index contributed by atoms with van der Waals surface area (Å²) in [4.78, 5) is 0. The zero-order chi connectivity index (χ0) is 14.6. The van der Waals surface area contributed by atoms with Crippen molar-refractivity contribution in [3.63, 3.8) is 0 Å². The molecule has 0 amide bonds. The summed E-state index contributed by atoms with van der Waals surface area (Å²) in [5, 5.41) is 19.6. The second kappa shape index (κ2) is 5.96. The average molecular weight is 270 g/mol. The molecule has 20 heavy (non-hydrogen) atoms. The molecule has 0 aliphatic heterocycles. The van der Waals surface area contributed by atoms with Crippen molar-refractivity contribution < 1.29 is 14.6 Å². The van der Waals surface area contributed by atoms with Crippen molar-refractivity contribution in [2.45, 2.75) is 20.0 Å². The minimum Gasteiger partial charge on any atom is -0.465 e. The Morgan fingerprint density at radius 1 is 1.15 bits per heavy atom. The molecule has 0 unspecified atom stereocenters. The maximum Gasteiger partial charge on any atom is 0.148 e. The molecule has 2 N–H and O–H groups in total. The van der Waals surface area contributed by atoms with Crippen molar-refractivity contribution in [2.75, 3.05) is 6.61 Å². The Morgan fingerprint density at radius 3 is 2.50 bits per heavy atom. The van der Waals surface area contributed by atoms with Gasteiger partial charge in [0.25, 0.3) is 0 Å². The van der Waals surface area contributed by atoms with E-state index in [-0.39, 0.29) is 6.61 Å². The van der Waals surface area contributed by atoms with Crippen LogP contribution in [-0.2, 0) is 0 Å². The molecule has 0 fully saturated rings. The molecule has 0 spiro atoms. The van der Waals surface area contributed by atoms with E-state index >= 15 is 0 Å². The van der Waals surface area contributed by atoms with E-state index in [0.717, 1.165) is 5.56 Å². The van der Waals surface area contributed by atoms with Crippen molar-refractivity contribution in [1.29, 1.82) is 0 Å². The SMILES string of the molecule is CC(C)(CO)[C@@H](O)c1occc1C#Cc1ccccc1. The molecule has 1 heterocycles. The minimum absolute atomic E-state index is 0.138. The van der Waals surface area contributed by atoms with E-state index in [2.05, 4.69) is 11.8 Å². The topological polar surface area (TPSA) is 53.6 Å². The molecule has 1 aromatic carbocycles. The Kier molecular flexibility index (Phi) is 4.29. The molecule has 0 bridgehead atoms. The number of benzene rings is 1. The standard InChI is InChI=1S/C17H18O3/c1-17(2,12-18)16(19)15-14(10-11-20-15)9-8-13-6-4-3-5-7-13/h3-7,10-11,16,18-19H,12H2,1-2H3/t16-/m0/s1. The lowest BCUT2D eigenvalue weighted by molar-refractivity contribution is -0.00696. The fraction of sp³-hybridized carbons (Fsp3) is 0.294. The monoisotopic (exact) mass is 270 g/mol. The highest BCUT2D eigenvalue weighted by molar-refractivity contribution is 5.44. The van der Waals surface area contributed by atoms with Gasteiger partial charge in [0.1, 0.15) is 11.9 Å². The zero-order valence-electron chi connectivity index (χ0n) is 11.6. The second-order valence-electron chi connectivity index (χ2n) is 5.36. The van der Waals surface area contributed by atoms with Crippen LogP contribution < -0.4 is 0 Å². The highest BCUT2D eigenvalue weighted by Crippen LogP contribution is 2.34. The van der Waals surface area contributed by atoms with E-state index in [0.29, 0.717) is 11.3 Å². The fourth-order valence-corrected chi connectivity index (χ4v) is 1.74. The van der Waals surface area contributed by atoms with E-state index in [1.807, 2.05) is 30.3 Å². The van der Waals surface area contributed by atoms with Gasteiger partial charge in [0.05, 0.1) is 18.4 Å². The summed E-state index contributed by atoms with van der Waals surface area (Å²) in [7, 11) is 0. The van der Waals surface area contributed by atoms with Gasteiger partial charge in [0.2, 0.25) is 0 Å². The number of hydrogen-bond donors (Lipinski definition) is 2. The minimum atomic E-state index is -0.900. The zero-order valence-corrected chi connectivity index (χ0v) is 11.6. The number of hydrogen-bond acceptors (Lipinski definition) is 3. The van der Waals surface area contributed by atoms with E-state index in [1.165, 1.54) is 6.26 Å². The summed E-state index contributed by atoms with van der Waals surface area (Å²) >= 11 is 0. The molecule has 0 saturated carbocycles. The molecule has 2 aromatic rings. The number of rotatable bonds is 3. The van der Waals surface area contributed by atoms with Gasteiger partial charge in [-0.2, -0.15) is 0 Å². The Hall–Kier alpha value is -2.02. The van der Waals surface area contributed by atoms with Gasteiger partial charge in [0.15, 0.2) is 0 Å². The van der Waals surface area contributed by atoms with E-state index in [1.54, 1.807) is 19.9 Å². The van der Waals surface area contributed by atoms with Crippen molar-refractivity contribution in [3.05, 3.63) is 59.5 Å². The van der Waals surface area contributed by atoms with Crippen molar-refractivity contribution in [3.8, 4) is 11.8 Å². The molecule has 3 heteroatoms. The predicted octanol–water partition coefficient (Wildman–Crippen LogP) is 2.73. The molecule has 2 rings (SSSR count). The van der Waals surface area contributed by atoms with Gasteiger partial charge in [-0.1, -0.05) is 43.9 Å². The third-order valence-electron chi connectivity index (χ3n) is 3.21. The Labute approximate surface area is 118 Å². The molecule has 0 radical (unpaired) electrons. The molecule has 0 aliphatic carbocycles. The van der Waals surface area contributed by atoms with Crippen LogP contribution in [0.3, 0.4) is 0 Å². The summed E-state index contributed by atoms with van der Waals surface area (Å²) in [6.45, 7) is 3.41. The van der Waals surface area contributed by atoms with Gasteiger partial charge in [-0.15, -0.1) is 0 Å². The summed E-state index contributed by atoms with van der Waals surface area (Å²) in [5.41, 5.74) is 0.861. The van der Waals surface area contributed by atoms with Crippen LogP contribution in [0.4, 0.5) is 0 Å². The quantitative estimate of drug-likeness (QED) is 0.843. The summed E-state index contributed by atoms with van der Waals surface area (Å²) in [6.07, 6.45) is 0.601. The van der Waals surface area contributed by atoms with E-state index < -0.39 is 11.5 Å². The van der Waals surface area contributed by atoms with Gasteiger partial charge in [-0.25, -0.2) is 0 Å². The molecular weight excluding hydrogens is 252 g/mol. The molecule has 1 atom stereocenters. The lowest BCUT2D eigenvalue weighted by atomic mass is 9.85. The van der Waals surface area contributed by atoms with Crippen LogP contribution >= 0.6 is 0 Å². The first-order valence-electron chi connectivity index (χ1n) is 6.48. The maximum absolute atomic E-state index is 10.3. The number of aliphatic hydroxyl groups excluding tert-OH is 2. The van der Waals surface area contributed by atoms with Gasteiger partial charge >= 0.3 is 0 Å². The molecule has 0 aliphatic rings. The van der Waals surface area contributed by atoms with Crippen LogP contribution in [0, 0.1) is 17.3 Å². The predicted molar refractivity (Wildman–Crippen MR) is 77.0 cm³/mol. The van der Waals surface area contributed by atoms with Crippen LogP contribution in [0.15, 0.2) is 47.1 Å². The van der Waals surface area contributed by atoms with Gasteiger partial charge in [-0.3, -0.25) is 0 Å². The first kappa shape index (κ1) is 14.4. The highest BCUT2D eigenvalue weighted by Gasteiger charge is 2.32.